The zero-order valence-electron chi connectivity index (χ0n) is 11.6. The Morgan fingerprint density at radius 1 is 1.26 bits per heavy atom. The molecule has 1 aromatic carbocycles. The van der Waals surface area contributed by atoms with Crippen molar-refractivity contribution < 1.29 is 18.5 Å². The van der Waals surface area contributed by atoms with Gasteiger partial charge in [-0.3, -0.25) is 4.57 Å². The van der Waals surface area contributed by atoms with Gasteiger partial charge in [0, 0.05) is 0 Å². The Morgan fingerprint density at radius 2 is 1.95 bits per heavy atom. The van der Waals surface area contributed by atoms with Crippen LogP contribution in [0.15, 0.2) is 30.3 Å². The van der Waals surface area contributed by atoms with Crippen molar-refractivity contribution in [1.29, 1.82) is 0 Å². The van der Waals surface area contributed by atoms with Crippen molar-refractivity contribution in [2.75, 3.05) is 6.61 Å². The molecule has 2 atom stereocenters. The molecule has 1 aromatic rings. The molecule has 0 aliphatic carbocycles. The van der Waals surface area contributed by atoms with E-state index in [9.17, 15) is 9.46 Å². The van der Waals surface area contributed by atoms with Crippen molar-refractivity contribution >= 4 is 7.82 Å². The average Bonchev–Trinajstić information content (AvgIpc) is 2.39. The third-order valence-corrected chi connectivity index (χ3v) is 3.87. The van der Waals surface area contributed by atoms with Crippen LogP contribution in [0.1, 0.15) is 39.5 Å². The lowest BCUT2D eigenvalue weighted by molar-refractivity contribution is -0.218. The first-order chi connectivity index (χ1) is 9.07. The molecule has 0 fully saturated rings. The Hall–Kier alpha value is -0.830. The highest BCUT2D eigenvalue weighted by atomic mass is 31.2. The van der Waals surface area contributed by atoms with Crippen LogP contribution < -0.4 is 9.42 Å². The van der Waals surface area contributed by atoms with Gasteiger partial charge in [0.05, 0.1) is 6.61 Å². The van der Waals surface area contributed by atoms with E-state index in [0.717, 1.165) is 25.7 Å². The Labute approximate surface area is 115 Å². The maximum absolute atomic E-state index is 11.7. The van der Waals surface area contributed by atoms with Crippen LogP contribution in [-0.4, -0.2) is 6.61 Å². The standard InChI is InChI=1S/C14H23O4P/c1-3-5-9-13(4-2)12-17-19(15,16)18-14-10-7-6-8-11-14/h6-8,10-11,13H,3-5,9,12H2,1-2H3,(H,15,16)/p-1. The molecule has 108 valence electrons. The second-order valence-corrected chi connectivity index (χ2v) is 5.90. The first-order valence-electron chi connectivity index (χ1n) is 6.77. The van der Waals surface area contributed by atoms with Crippen LogP contribution in [0, 0.1) is 5.92 Å². The molecule has 0 N–H and O–H groups in total. The van der Waals surface area contributed by atoms with E-state index in [1.54, 1.807) is 30.3 Å². The van der Waals surface area contributed by atoms with Gasteiger partial charge >= 0.3 is 7.82 Å². The summed E-state index contributed by atoms with van der Waals surface area (Å²) < 4.78 is 21.5. The van der Waals surface area contributed by atoms with E-state index < -0.39 is 7.82 Å². The van der Waals surface area contributed by atoms with Crippen LogP contribution in [0.3, 0.4) is 0 Å². The molecule has 0 heterocycles. The maximum Gasteiger partial charge on any atom is 0.319 e. The summed E-state index contributed by atoms with van der Waals surface area (Å²) in [5, 5.41) is 0. The third-order valence-electron chi connectivity index (χ3n) is 2.97. The predicted octanol–water partition coefficient (Wildman–Crippen LogP) is 3.77. The van der Waals surface area contributed by atoms with E-state index in [1.165, 1.54) is 0 Å². The van der Waals surface area contributed by atoms with Crippen LogP contribution in [0.2, 0.25) is 0 Å². The topological polar surface area (TPSA) is 58.6 Å². The van der Waals surface area contributed by atoms with Gasteiger partial charge in [-0.05, 0) is 24.5 Å². The second kappa shape index (κ2) is 8.36. The van der Waals surface area contributed by atoms with Crippen molar-refractivity contribution in [2.24, 2.45) is 5.92 Å². The van der Waals surface area contributed by atoms with Gasteiger partial charge in [-0.15, -0.1) is 0 Å². The van der Waals surface area contributed by atoms with E-state index in [1.807, 2.05) is 6.92 Å². The van der Waals surface area contributed by atoms with Crippen LogP contribution in [0.25, 0.3) is 0 Å². The van der Waals surface area contributed by atoms with Gasteiger partial charge in [0.1, 0.15) is 5.75 Å². The summed E-state index contributed by atoms with van der Waals surface area (Å²) in [4.78, 5) is 11.7. The summed E-state index contributed by atoms with van der Waals surface area (Å²) in [5.74, 6) is 0.545. The Kier molecular flexibility index (Phi) is 7.14. The van der Waals surface area contributed by atoms with Gasteiger partial charge < -0.3 is 13.9 Å². The molecule has 0 saturated carbocycles. The molecule has 0 aliphatic heterocycles. The van der Waals surface area contributed by atoms with Crippen molar-refractivity contribution in [3.05, 3.63) is 30.3 Å². The molecule has 0 amide bonds. The third kappa shape index (κ3) is 6.76. The summed E-state index contributed by atoms with van der Waals surface area (Å²) in [6, 6.07) is 8.39. The molecule has 1 rings (SSSR count). The zero-order valence-corrected chi connectivity index (χ0v) is 12.5. The summed E-state index contributed by atoms with van der Waals surface area (Å²) in [6.45, 7) is 4.35. The number of hydrogen-bond donors (Lipinski definition) is 0. The quantitative estimate of drug-likeness (QED) is 0.648. The fourth-order valence-electron chi connectivity index (χ4n) is 1.73. The molecule has 2 unspecified atom stereocenters. The molecule has 4 nitrogen and oxygen atoms in total. The fourth-order valence-corrected chi connectivity index (χ4v) is 2.56. The Morgan fingerprint density at radius 3 is 2.53 bits per heavy atom. The van der Waals surface area contributed by atoms with E-state index in [-0.39, 0.29) is 18.3 Å². The lowest BCUT2D eigenvalue weighted by atomic mass is 10.0. The highest BCUT2D eigenvalue weighted by molar-refractivity contribution is 7.46. The largest absolute Gasteiger partial charge is 0.746 e. The van der Waals surface area contributed by atoms with Crippen molar-refractivity contribution in [2.45, 2.75) is 39.5 Å². The molecular weight excluding hydrogens is 263 g/mol. The van der Waals surface area contributed by atoms with Crippen LogP contribution in [0.5, 0.6) is 5.75 Å². The number of hydrogen-bond acceptors (Lipinski definition) is 4. The number of rotatable bonds is 9. The summed E-state index contributed by atoms with van der Waals surface area (Å²) in [5.41, 5.74) is 0. The van der Waals surface area contributed by atoms with Gasteiger partial charge in [0.25, 0.3) is 0 Å². The van der Waals surface area contributed by atoms with Gasteiger partial charge in [-0.1, -0.05) is 51.3 Å². The number of phosphoric acid groups is 1. The van der Waals surface area contributed by atoms with Gasteiger partial charge in [-0.25, -0.2) is 0 Å². The maximum atomic E-state index is 11.7. The van der Waals surface area contributed by atoms with E-state index in [4.69, 9.17) is 9.05 Å². The van der Waals surface area contributed by atoms with Crippen LogP contribution in [0.4, 0.5) is 0 Å². The molecular formula is C14H22O4P-. The predicted molar refractivity (Wildman–Crippen MR) is 73.9 cm³/mol. The molecule has 0 radical (unpaired) electrons. The minimum absolute atomic E-state index is 0.199. The van der Waals surface area contributed by atoms with Crippen LogP contribution in [-0.2, 0) is 9.09 Å². The number of unbranched alkanes of at least 4 members (excludes halogenated alkanes) is 1. The van der Waals surface area contributed by atoms with Crippen molar-refractivity contribution in [1.82, 2.24) is 0 Å². The smallest absolute Gasteiger partial charge is 0.319 e. The highest BCUT2D eigenvalue weighted by Crippen LogP contribution is 2.40. The van der Waals surface area contributed by atoms with E-state index in [2.05, 4.69) is 6.92 Å². The number of phosphoric ester groups is 1. The first-order valence-corrected chi connectivity index (χ1v) is 8.23. The van der Waals surface area contributed by atoms with Gasteiger partial charge in [0.2, 0.25) is 0 Å². The monoisotopic (exact) mass is 285 g/mol. The summed E-state index contributed by atoms with van der Waals surface area (Å²) in [7, 11) is -4.26. The number of para-hydroxylation sites is 1. The molecule has 19 heavy (non-hydrogen) atoms. The molecule has 0 saturated heterocycles. The van der Waals surface area contributed by atoms with E-state index in [0.29, 0.717) is 0 Å². The second-order valence-electron chi connectivity index (χ2n) is 4.56. The Bertz CT molecular complexity index is 394. The molecule has 0 spiro atoms. The first kappa shape index (κ1) is 16.2. The van der Waals surface area contributed by atoms with Gasteiger partial charge in [0.15, 0.2) is 0 Å². The van der Waals surface area contributed by atoms with Gasteiger partial charge in [-0.2, -0.15) is 0 Å². The fraction of sp³-hybridized carbons (Fsp3) is 0.571. The highest BCUT2D eigenvalue weighted by Gasteiger charge is 2.14. The van der Waals surface area contributed by atoms with Crippen molar-refractivity contribution in [3.63, 3.8) is 0 Å². The van der Waals surface area contributed by atoms with Crippen molar-refractivity contribution in [3.8, 4) is 5.75 Å². The van der Waals surface area contributed by atoms with Crippen LogP contribution >= 0.6 is 7.82 Å². The normalized spacial score (nSPS) is 15.7. The number of benzene rings is 1. The summed E-state index contributed by atoms with van der Waals surface area (Å²) >= 11 is 0. The lowest BCUT2D eigenvalue weighted by Crippen LogP contribution is -2.15. The molecule has 0 bridgehead atoms. The minimum atomic E-state index is -4.26. The summed E-state index contributed by atoms with van der Waals surface area (Å²) in [6.07, 6.45) is 4.08. The average molecular weight is 285 g/mol. The molecule has 0 aliphatic rings. The molecule has 5 heteroatoms. The lowest BCUT2D eigenvalue weighted by Gasteiger charge is -2.25. The SMILES string of the molecule is CCCCC(CC)COP(=O)([O-])Oc1ccccc1. The minimum Gasteiger partial charge on any atom is -0.746 e. The van der Waals surface area contributed by atoms with E-state index >= 15 is 0 Å². The Balaban J connectivity index is 2.43. The zero-order chi connectivity index (χ0) is 14.1. The molecule has 0 aromatic heterocycles.